The molecule has 0 heterocycles. The lowest BCUT2D eigenvalue weighted by Crippen LogP contribution is -2.13. The molecule has 0 aliphatic heterocycles. The fraction of sp³-hybridized carbons (Fsp3) is 0. The number of nitriles is 1. The number of nitrogen functional groups attached to an aromatic ring is 1. The first kappa shape index (κ1) is 14.4. The molecule has 3 N–H and O–H groups in total. The van der Waals surface area contributed by atoms with Crippen molar-refractivity contribution in [2.75, 3.05) is 10.5 Å². The van der Waals surface area contributed by atoms with E-state index in [2.05, 4.69) is 20.7 Å². The molecule has 0 amide bonds. The number of hydrogen-bond donors (Lipinski definition) is 2. The summed E-state index contributed by atoms with van der Waals surface area (Å²) >= 11 is 3.23. The van der Waals surface area contributed by atoms with Crippen molar-refractivity contribution in [2.45, 2.75) is 4.90 Å². The Morgan fingerprint density at radius 3 is 2.35 bits per heavy atom. The number of benzene rings is 2. The van der Waals surface area contributed by atoms with Crippen molar-refractivity contribution in [3.05, 3.63) is 52.5 Å². The lowest BCUT2D eigenvalue weighted by atomic mass is 10.2. The Bertz CT molecular complexity index is 780. The van der Waals surface area contributed by atoms with E-state index in [0.29, 0.717) is 21.4 Å². The van der Waals surface area contributed by atoms with Crippen LogP contribution in [0.5, 0.6) is 0 Å². The Balaban J connectivity index is 2.30. The number of nitrogens with zero attached hydrogens (tertiary/aromatic N) is 1. The Kier molecular flexibility index (Phi) is 3.97. The maximum atomic E-state index is 12.2. The van der Waals surface area contributed by atoms with Crippen molar-refractivity contribution in [3.63, 3.8) is 0 Å². The summed E-state index contributed by atoms with van der Waals surface area (Å²) in [6.07, 6.45) is 0. The fourth-order valence-corrected chi connectivity index (χ4v) is 2.94. The normalized spacial score (nSPS) is 10.8. The molecule has 0 bridgehead atoms. The van der Waals surface area contributed by atoms with Crippen molar-refractivity contribution in [2.24, 2.45) is 0 Å². The molecule has 5 nitrogen and oxygen atoms in total. The number of halogens is 1. The van der Waals surface area contributed by atoms with Gasteiger partial charge in [0.1, 0.15) is 0 Å². The van der Waals surface area contributed by atoms with E-state index in [0.717, 1.165) is 0 Å². The molecule has 0 saturated heterocycles. The van der Waals surface area contributed by atoms with Crippen LogP contribution in [0, 0.1) is 11.3 Å². The summed E-state index contributed by atoms with van der Waals surface area (Å²) in [5.41, 5.74) is 6.96. The highest BCUT2D eigenvalue weighted by atomic mass is 79.9. The molecule has 0 atom stereocenters. The van der Waals surface area contributed by atoms with Crippen LogP contribution in [-0.4, -0.2) is 8.42 Å². The Morgan fingerprint density at radius 2 is 1.80 bits per heavy atom. The van der Waals surface area contributed by atoms with Gasteiger partial charge in [-0.15, -0.1) is 0 Å². The third kappa shape index (κ3) is 3.10. The second-order valence-corrected chi connectivity index (χ2v) is 6.51. The maximum Gasteiger partial charge on any atom is 0.261 e. The van der Waals surface area contributed by atoms with Crippen molar-refractivity contribution < 1.29 is 8.42 Å². The average molecular weight is 352 g/mol. The minimum atomic E-state index is -3.69. The van der Waals surface area contributed by atoms with Gasteiger partial charge in [0, 0.05) is 10.2 Å². The first-order valence-electron chi connectivity index (χ1n) is 5.50. The van der Waals surface area contributed by atoms with E-state index in [4.69, 9.17) is 11.0 Å². The molecule has 2 rings (SSSR count). The first-order chi connectivity index (χ1) is 9.42. The van der Waals surface area contributed by atoms with Crippen LogP contribution in [-0.2, 0) is 10.0 Å². The van der Waals surface area contributed by atoms with Gasteiger partial charge in [-0.1, -0.05) is 0 Å². The second kappa shape index (κ2) is 5.53. The molecule has 0 radical (unpaired) electrons. The van der Waals surface area contributed by atoms with E-state index < -0.39 is 10.0 Å². The van der Waals surface area contributed by atoms with Gasteiger partial charge in [-0.3, -0.25) is 4.72 Å². The number of sulfonamides is 1. The SMILES string of the molecule is N#Cc1ccc(S(=O)(=O)Nc2ccc(N)c(Br)c2)cc1. The van der Waals surface area contributed by atoms with E-state index in [9.17, 15) is 8.42 Å². The van der Waals surface area contributed by atoms with Crippen LogP contribution in [0.1, 0.15) is 5.56 Å². The van der Waals surface area contributed by atoms with Gasteiger partial charge >= 0.3 is 0 Å². The monoisotopic (exact) mass is 351 g/mol. The minimum Gasteiger partial charge on any atom is -0.398 e. The molecule has 2 aromatic carbocycles. The van der Waals surface area contributed by atoms with E-state index in [1.54, 1.807) is 18.2 Å². The molecule has 0 fully saturated rings. The van der Waals surface area contributed by atoms with Gasteiger partial charge in [-0.25, -0.2) is 8.42 Å². The van der Waals surface area contributed by atoms with Crippen LogP contribution < -0.4 is 10.5 Å². The van der Waals surface area contributed by atoms with E-state index in [1.165, 1.54) is 24.3 Å². The molecule has 0 aromatic heterocycles. The Hall–Kier alpha value is -2.04. The van der Waals surface area contributed by atoms with Crippen LogP contribution in [0.4, 0.5) is 11.4 Å². The topological polar surface area (TPSA) is 96.0 Å². The van der Waals surface area contributed by atoms with Gasteiger partial charge in [-0.2, -0.15) is 5.26 Å². The molecule has 102 valence electrons. The van der Waals surface area contributed by atoms with Crippen LogP contribution in [0.25, 0.3) is 0 Å². The van der Waals surface area contributed by atoms with Crippen molar-refractivity contribution in [1.29, 1.82) is 5.26 Å². The largest absolute Gasteiger partial charge is 0.398 e. The molecule has 7 heteroatoms. The van der Waals surface area contributed by atoms with Crippen molar-refractivity contribution in [1.82, 2.24) is 0 Å². The quantitative estimate of drug-likeness (QED) is 0.830. The minimum absolute atomic E-state index is 0.0875. The number of nitrogens with one attached hydrogen (secondary N) is 1. The lowest BCUT2D eigenvalue weighted by Gasteiger charge is -2.09. The van der Waals surface area contributed by atoms with Gasteiger partial charge in [0.05, 0.1) is 22.2 Å². The van der Waals surface area contributed by atoms with Crippen molar-refractivity contribution >= 4 is 37.3 Å². The van der Waals surface area contributed by atoms with E-state index in [1.807, 2.05) is 6.07 Å². The highest BCUT2D eigenvalue weighted by molar-refractivity contribution is 9.10. The molecular weight excluding hydrogens is 342 g/mol. The summed E-state index contributed by atoms with van der Waals surface area (Å²) in [6, 6.07) is 12.4. The molecule has 0 aliphatic rings. The second-order valence-electron chi connectivity index (χ2n) is 3.98. The standard InChI is InChI=1S/C13H10BrN3O2S/c14-12-7-10(3-6-13(12)16)17-20(18,19)11-4-1-9(8-15)2-5-11/h1-7,17H,16H2. The summed E-state index contributed by atoms with van der Waals surface area (Å²) in [6.45, 7) is 0. The molecule has 0 unspecified atom stereocenters. The number of nitrogens with two attached hydrogens (primary N) is 1. The summed E-state index contributed by atoms with van der Waals surface area (Å²) in [5.74, 6) is 0. The first-order valence-corrected chi connectivity index (χ1v) is 7.78. The number of anilines is 2. The average Bonchev–Trinajstić information content (AvgIpc) is 2.43. The van der Waals surface area contributed by atoms with Crippen LogP contribution in [0.15, 0.2) is 51.8 Å². The molecule has 2 aromatic rings. The van der Waals surface area contributed by atoms with E-state index in [-0.39, 0.29) is 4.90 Å². The van der Waals surface area contributed by atoms with Crippen LogP contribution >= 0.6 is 15.9 Å². The maximum absolute atomic E-state index is 12.2. The predicted octanol–water partition coefficient (Wildman–Crippen LogP) is 2.70. The van der Waals surface area contributed by atoms with Gasteiger partial charge in [0.15, 0.2) is 0 Å². The molecule has 0 saturated carbocycles. The van der Waals surface area contributed by atoms with Gasteiger partial charge in [0.2, 0.25) is 0 Å². The number of hydrogen-bond acceptors (Lipinski definition) is 4. The van der Waals surface area contributed by atoms with Gasteiger partial charge < -0.3 is 5.73 Å². The van der Waals surface area contributed by atoms with Crippen LogP contribution in [0.3, 0.4) is 0 Å². The molecule has 20 heavy (non-hydrogen) atoms. The zero-order valence-corrected chi connectivity index (χ0v) is 12.6. The molecule has 0 spiro atoms. The van der Waals surface area contributed by atoms with E-state index >= 15 is 0 Å². The fourth-order valence-electron chi connectivity index (χ4n) is 1.51. The van der Waals surface area contributed by atoms with Crippen molar-refractivity contribution in [3.8, 4) is 6.07 Å². The summed E-state index contributed by atoms with van der Waals surface area (Å²) in [4.78, 5) is 0.0875. The highest BCUT2D eigenvalue weighted by Gasteiger charge is 2.14. The zero-order valence-electron chi connectivity index (χ0n) is 10.2. The van der Waals surface area contributed by atoms with Crippen LogP contribution in [0.2, 0.25) is 0 Å². The molecular formula is C13H10BrN3O2S. The lowest BCUT2D eigenvalue weighted by molar-refractivity contribution is 0.601. The molecule has 0 aliphatic carbocycles. The number of rotatable bonds is 3. The highest BCUT2D eigenvalue weighted by Crippen LogP contribution is 2.25. The predicted molar refractivity (Wildman–Crippen MR) is 80.5 cm³/mol. The third-order valence-corrected chi connectivity index (χ3v) is 4.63. The van der Waals surface area contributed by atoms with Gasteiger partial charge in [-0.05, 0) is 58.4 Å². The smallest absolute Gasteiger partial charge is 0.261 e. The zero-order chi connectivity index (χ0) is 14.8. The third-order valence-electron chi connectivity index (χ3n) is 2.55. The Labute approximate surface area is 125 Å². The summed E-state index contributed by atoms with van der Waals surface area (Å²) < 4.78 is 27.4. The van der Waals surface area contributed by atoms with Gasteiger partial charge in [0.25, 0.3) is 10.0 Å². The summed E-state index contributed by atoms with van der Waals surface area (Å²) in [7, 11) is -3.69. The summed E-state index contributed by atoms with van der Waals surface area (Å²) in [5, 5.41) is 8.69. The Morgan fingerprint density at radius 1 is 1.15 bits per heavy atom.